The summed E-state index contributed by atoms with van der Waals surface area (Å²) in [6.07, 6.45) is 5.11. The standard InChI is InChI=1S/C22H18/c1-2-8-20(9-3-1)22-14-19(13-21(22)15-22)18-11-10-16-6-4-5-7-17(16)12-18/h1-12,14,21H,13,15H2/t21-,22+/m1/s1. The molecule has 0 spiro atoms. The minimum absolute atomic E-state index is 0.336. The lowest BCUT2D eigenvalue weighted by Crippen LogP contribution is -2.02. The van der Waals surface area contributed by atoms with Crippen molar-refractivity contribution in [3.05, 3.63) is 90.0 Å². The van der Waals surface area contributed by atoms with Gasteiger partial charge in [-0.2, -0.15) is 0 Å². The van der Waals surface area contributed by atoms with Crippen LogP contribution in [0, 0.1) is 5.92 Å². The van der Waals surface area contributed by atoms with Crippen molar-refractivity contribution in [1.82, 2.24) is 0 Å². The van der Waals surface area contributed by atoms with Gasteiger partial charge in [0.1, 0.15) is 0 Å². The summed E-state index contributed by atoms with van der Waals surface area (Å²) in [5, 5.41) is 2.67. The van der Waals surface area contributed by atoms with Gasteiger partial charge >= 0.3 is 0 Å². The van der Waals surface area contributed by atoms with Gasteiger partial charge in [-0.15, -0.1) is 0 Å². The highest BCUT2D eigenvalue weighted by atomic mass is 14.6. The van der Waals surface area contributed by atoms with Crippen LogP contribution in [0.4, 0.5) is 0 Å². The first-order valence-electron chi connectivity index (χ1n) is 8.12. The average Bonchev–Trinajstić information content (AvgIpc) is 3.17. The van der Waals surface area contributed by atoms with Crippen LogP contribution >= 0.6 is 0 Å². The van der Waals surface area contributed by atoms with E-state index in [4.69, 9.17) is 0 Å². The molecular weight excluding hydrogens is 264 g/mol. The Kier molecular flexibility index (Phi) is 2.41. The molecule has 2 atom stereocenters. The van der Waals surface area contributed by atoms with Crippen LogP contribution in [-0.4, -0.2) is 0 Å². The van der Waals surface area contributed by atoms with E-state index in [0.717, 1.165) is 5.92 Å². The first-order chi connectivity index (χ1) is 10.9. The number of benzene rings is 3. The lowest BCUT2D eigenvalue weighted by molar-refractivity contribution is 0.777. The predicted octanol–water partition coefficient (Wildman–Crippen LogP) is 5.58. The van der Waals surface area contributed by atoms with E-state index in [1.807, 2.05) is 0 Å². The van der Waals surface area contributed by atoms with E-state index in [-0.39, 0.29) is 0 Å². The second-order valence-corrected chi connectivity index (χ2v) is 6.74. The molecule has 2 aliphatic carbocycles. The summed E-state index contributed by atoms with van der Waals surface area (Å²) < 4.78 is 0. The Morgan fingerprint density at radius 1 is 0.773 bits per heavy atom. The molecule has 0 aliphatic heterocycles. The van der Waals surface area contributed by atoms with Crippen molar-refractivity contribution in [1.29, 1.82) is 0 Å². The van der Waals surface area contributed by atoms with Gasteiger partial charge in [-0.05, 0) is 52.3 Å². The average molecular weight is 282 g/mol. The Hall–Kier alpha value is -2.34. The fourth-order valence-electron chi connectivity index (χ4n) is 4.19. The summed E-state index contributed by atoms with van der Waals surface area (Å²) in [6, 6.07) is 26.6. The Bertz CT molecular complexity index is 888. The monoisotopic (exact) mass is 282 g/mol. The van der Waals surface area contributed by atoms with Gasteiger partial charge in [0.25, 0.3) is 0 Å². The number of hydrogen-bond acceptors (Lipinski definition) is 0. The lowest BCUT2D eigenvalue weighted by atomic mass is 9.94. The van der Waals surface area contributed by atoms with Gasteiger partial charge in [0.15, 0.2) is 0 Å². The SMILES string of the molecule is C1=C(c2ccc3ccccc3c2)C[C@@H]2C[C@]12c1ccccc1. The van der Waals surface area contributed by atoms with Crippen molar-refractivity contribution < 1.29 is 0 Å². The minimum Gasteiger partial charge on any atom is -0.0698 e. The molecule has 2 aliphatic rings. The molecule has 0 bridgehead atoms. The molecule has 106 valence electrons. The predicted molar refractivity (Wildman–Crippen MR) is 92.8 cm³/mol. The minimum atomic E-state index is 0.336. The summed E-state index contributed by atoms with van der Waals surface area (Å²) in [6.45, 7) is 0. The van der Waals surface area contributed by atoms with Crippen LogP contribution in [0.2, 0.25) is 0 Å². The van der Waals surface area contributed by atoms with Crippen molar-refractivity contribution in [3.8, 4) is 0 Å². The van der Waals surface area contributed by atoms with E-state index < -0.39 is 0 Å². The molecule has 3 aromatic rings. The number of fused-ring (bicyclic) bond motifs is 2. The van der Waals surface area contributed by atoms with E-state index in [9.17, 15) is 0 Å². The third kappa shape index (κ3) is 1.70. The van der Waals surface area contributed by atoms with Gasteiger partial charge in [0.2, 0.25) is 0 Å². The summed E-state index contributed by atoms with van der Waals surface area (Å²) in [4.78, 5) is 0. The van der Waals surface area contributed by atoms with Crippen LogP contribution in [0.5, 0.6) is 0 Å². The molecule has 0 N–H and O–H groups in total. The number of allylic oxidation sites excluding steroid dienone is 2. The van der Waals surface area contributed by atoms with Crippen molar-refractivity contribution in [2.45, 2.75) is 18.3 Å². The molecule has 0 aromatic heterocycles. The quantitative estimate of drug-likeness (QED) is 0.575. The van der Waals surface area contributed by atoms with Crippen LogP contribution in [0.1, 0.15) is 24.0 Å². The highest BCUT2D eigenvalue weighted by Crippen LogP contribution is 2.64. The van der Waals surface area contributed by atoms with Gasteiger partial charge in [-0.3, -0.25) is 0 Å². The molecule has 0 radical (unpaired) electrons. The second-order valence-electron chi connectivity index (χ2n) is 6.74. The molecule has 22 heavy (non-hydrogen) atoms. The maximum atomic E-state index is 2.55. The lowest BCUT2D eigenvalue weighted by Gasteiger charge is -2.10. The largest absolute Gasteiger partial charge is 0.0698 e. The van der Waals surface area contributed by atoms with Crippen molar-refractivity contribution in [3.63, 3.8) is 0 Å². The van der Waals surface area contributed by atoms with Crippen LogP contribution in [-0.2, 0) is 5.41 Å². The Labute approximate surface area is 131 Å². The van der Waals surface area contributed by atoms with Crippen LogP contribution in [0.25, 0.3) is 16.3 Å². The zero-order valence-corrected chi connectivity index (χ0v) is 12.5. The van der Waals surface area contributed by atoms with Gasteiger partial charge < -0.3 is 0 Å². The summed E-state index contributed by atoms with van der Waals surface area (Å²) in [7, 11) is 0. The van der Waals surface area contributed by atoms with Crippen molar-refractivity contribution in [2.75, 3.05) is 0 Å². The van der Waals surface area contributed by atoms with Gasteiger partial charge in [0, 0.05) is 5.41 Å². The van der Waals surface area contributed by atoms with Crippen LogP contribution < -0.4 is 0 Å². The molecular formula is C22H18. The van der Waals surface area contributed by atoms with E-state index >= 15 is 0 Å². The molecule has 1 fully saturated rings. The normalized spacial score (nSPS) is 25.8. The third-order valence-corrected chi connectivity index (χ3v) is 5.48. The fourth-order valence-corrected chi connectivity index (χ4v) is 4.19. The second kappa shape index (κ2) is 4.33. The molecule has 1 saturated carbocycles. The van der Waals surface area contributed by atoms with E-state index in [1.54, 1.807) is 0 Å². The van der Waals surface area contributed by atoms with Gasteiger partial charge in [0.05, 0.1) is 0 Å². The zero-order chi connectivity index (χ0) is 14.6. The third-order valence-electron chi connectivity index (χ3n) is 5.48. The maximum absolute atomic E-state index is 2.55. The molecule has 5 rings (SSSR count). The van der Waals surface area contributed by atoms with E-state index in [1.165, 1.54) is 40.3 Å². The smallest absolute Gasteiger partial charge is 0.0173 e. The molecule has 0 heteroatoms. The molecule has 0 unspecified atom stereocenters. The Morgan fingerprint density at radius 2 is 1.55 bits per heavy atom. The highest BCUT2D eigenvalue weighted by molar-refractivity contribution is 5.87. The Balaban J connectivity index is 1.57. The number of hydrogen-bond donors (Lipinski definition) is 0. The number of rotatable bonds is 2. The van der Waals surface area contributed by atoms with E-state index in [0.29, 0.717) is 5.41 Å². The summed E-state index contributed by atoms with van der Waals surface area (Å²) in [5.74, 6) is 0.816. The molecule has 3 aromatic carbocycles. The zero-order valence-electron chi connectivity index (χ0n) is 12.5. The highest BCUT2D eigenvalue weighted by Gasteiger charge is 2.57. The molecule has 0 saturated heterocycles. The van der Waals surface area contributed by atoms with Crippen LogP contribution in [0.3, 0.4) is 0 Å². The maximum Gasteiger partial charge on any atom is 0.0173 e. The summed E-state index contributed by atoms with van der Waals surface area (Å²) in [5.41, 5.74) is 4.77. The fraction of sp³-hybridized carbons (Fsp3) is 0.182. The van der Waals surface area contributed by atoms with E-state index in [2.05, 4.69) is 78.9 Å². The summed E-state index contributed by atoms with van der Waals surface area (Å²) >= 11 is 0. The van der Waals surface area contributed by atoms with Crippen LogP contribution in [0.15, 0.2) is 78.9 Å². The van der Waals surface area contributed by atoms with Gasteiger partial charge in [-0.25, -0.2) is 0 Å². The molecule has 0 nitrogen and oxygen atoms in total. The van der Waals surface area contributed by atoms with Gasteiger partial charge in [-0.1, -0.05) is 72.8 Å². The molecule has 0 heterocycles. The Morgan fingerprint density at radius 3 is 2.41 bits per heavy atom. The topological polar surface area (TPSA) is 0 Å². The van der Waals surface area contributed by atoms with Crippen molar-refractivity contribution >= 4 is 16.3 Å². The molecule has 0 amide bonds. The first kappa shape index (κ1) is 12.2. The first-order valence-corrected chi connectivity index (χ1v) is 8.12. The van der Waals surface area contributed by atoms with Crippen molar-refractivity contribution in [2.24, 2.45) is 5.92 Å².